The number of nitrogens with zero attached hydrogens (tertiary/aromatic N) is 2. The smallest absolute Gasteiger partial charge is 0.144 e. The van der Waals surface area contributed by atoms with Crippen LogP contribution in [0, 0.1) is 0 Å². The van der Waals surface area contributed by atoms with E-state index in [1.54, 1.807) is 18.5 Å². The minimum atomic E-state index is 0.516. The van der Waals surface area contributed by atoms with Gasteiger partial charge in [-0.2, -0.15) is 0 Å². The van der Waals surface area contributed by atoms with Crippen LogP contribution >= 0.6 is 0 Å². The molecule has 0 amide bonds. The third-order valence-corrected chi connectivity index (χ3v) is 0.752. The monoisotopic (exact) mass is 136 g/mol. The minimum absolute atomic E-state index is 0.516. The zero-order valence-electron chi connectivity index (χ0n) is 6.25. The van der Waals surface area contributed by atoms with E-state index < -0.39 is 0 Å². The molecule has 2 nitrogen and oxygen atoms in total. The average Bonchev–Trinajstić information content (AvgIpc) is 1.97. The largest absolute Gasteiger partial charge is 0.242 e. The number of hydrogen-bond donors (Lipinski definition) is 0. The maximum atomic E-state index is 3.92. The summed E-state index contributed by atoms with van der Waals surface area (Å²) in [4.78, 5) is 7.76. The van der Waals surface area contributed by atoms with Crippen LogP contribution < -0.4 is 0 Å². The highest BCUT2D eigenvalue weighted by Gasteiger charge is 1.76. The average molecular weight is 136 g/mol. The van der Waals surface area contributed by atoms with Crippen LogP contribution in [0.4, 0.5) is 0 Å². The lowest BCUT2D eigenvalue weighted by Gasteiger charge is -1.85. The van der Waals surface area contributed by atoms with Gasteiger partial charge in [0.2, 0.25) is 0 Å². The molecule has 0 saturated heterocycles. The normalized spacial score (nSPS) is 10.9. The first-order valence-corrected chi connectivity index (χ1v) is 3.17. The van der Waals surface area contributed by atoms with Gasteiger partial charge < -0.3 is 0 Å². The molecule has 0 aromatic heterocycles. The van der Waals surface area contributed by atoms with Crippen LogP contribution in [0.1, 0.15) is 13.3 Å². The Hall–Kier alpha value is -1.18. The minimum Gasteiger partial charge on any atom is -0.242 e. The van der Waals surface area contributed by atoms with Crippen LogP contribution in [0.25, 0.3) is 0 Å². The lowest BCUT2D eigenvalue weighted by molar-refractivity contribution is 1.23. The van der Waals surface area contributed by atoms with E-state index in [2.05, 4.69) is 23.1 Å². The molecule has 0 atom stereocenters. The number of rotatable bonds is 4. The van der Waals surface area contributed by atoms with Crippen molar-refractivity contribution in [2.24, 2.45) is 9.98 Å². The predicted octanol–water partition coefficient (Wildman–Crippen LogP) is 2.20. The van der Waals surface area contributed by atoms with E-state index in [4.69, 9.17) is 0 Å². The first-order chi connectivity index (χ1) is 4.81. The van der Waals surface area contributed by atoms with Gasteiger partial charge in [0.25, 0.3) is 0 Å². The van der Waals surface area contributed by atoms with Gasteiger partial charge in [-0.3, -0.25) is 0 Å². The Bertz CT molecular complexity index is 166. The second-order valence-corrected chi connectivity index (χ2v) is 1.65. The van der Waals surface area contributed by atoms with Crippen molar-refractivity contribution in [2.45, 2.75) is 13.3 Å². The molecular weight excluding hydrogens is 124 g/mol. The van der Waals surface area contributed by atoms with E-state index in [0.717, 1.165) is 6.42 Å². The van der Waals surface area contributed by atoms with Gasteiger partial charge in [-0.1, -0.05) is 26.2 Å². The first kappa shape index (κ1) is 8.82. The van der Waals surface area contributed by atoms with Crippen molar-refractivity contribution in [1.82, 2.24) is 0 Å². The summed E-state index contributed by atoms with van der Waals surface area (Å²) in [6, 6.07) is 0. The summed E-state index contributed by atoms with van der Waals surface area (Å²) in [5.74, 6) is 0.516. The fourth-order valence-electron chi connectivity index (χ4n) is 0.369. The quantitative estimate of drug-likeness (QED) is 0.529. The SMILES string of the molecule is C=CC=NC(=C)N=CCC. The van der Waals surface area contributed by atoms with Crippen LogP contribution in [0.5, 0.6) is 0 Å². The Kier molecular flexibility index (Phi) is 5.25. The Morgan fingerprint density at radius 1 is 1.50 bits per heavy atom. The van der Waals surface area contributed by atoms with Gasteiger partial charge >= 0.3 is 0 Å². The first-order valence-electron chi connectivity index (χ1n) is 3.17. The third kappa shape index (κ3) is 4.97. The third-order valence-electron chi connectivity index (χ3n) is 0.752. The van der Waals surface area contributed by atoms with E-state index in [1.807, 2.05) is 6.92 Å². The zero-order chi connectivity index (χ0) is 7.82. The molecule has 0 saturated carbocycles. The van der Waals surface area contributed by atoms with Gasteiger partial charge in [-0.15, -0.1) is 0 Å². The topological polar surface area (TPSA) is 24.7 Å². The van der Waals surface area contributed by atoms with E-state index in [0.29, 0.717) is 5.82 Å². The molecule has 0 aromatic rings. The van der Waals surface area contributed by atoms with E-state index in [-0.39, 0.29) is 0 Å². The van der Waals surface area contributed by atoms with Crippen molar-refractivity contribution < 1.29 is 0 Å². The second kappa shape index (κ2) is 5.95. The molecule has 0 radical (unpaired) electrons. The van der Waals surface area contributed by atoms with Crippen LogP contribution in [0.15, 0.2) is 35.0 Å². The molecule has 0 rings (SSSR count). The zero-order valence-corrected chi connectivity index (χ0v) is 6.25. The van der Waals surface area contributed by atoms with Crippen LogP contribution in [-0.2, 0) is 0 Å². The summed E-state index contributed by atoms with van der Waals surface area (Å²) in [6.45, 7) is 9.06. The van der Waals surface area contributed by atoms with E-state index in [9.17, 15) is 0 Å². The molecular formula is C8H12N2. The highest BCUT2D eigenvalue weighted by molar-refractivity contribution is 5.71. The molecule has 0 bridgehead atoms. The Morgan fingerprint density at radius 2 is 2.20 bits per heavy atom. The standard InChI is InChI=1S/C8H12N2/c1-4-6-9-8(3)10-7-5-2/h4,6-7H,1,3,5H2,2H3. The Balaban J connectivity index is 3.74. The number of hydrogen-bond acceptors (Lipinski definition) is 2. The Labute approximate surface area is 61.7 Å². The molecule has 0 aromatic carbocycles. The second-order valence-electron chi connectivity index (χ2n) is 1.65. The lowest BCUT2D eigenvalue weighted by Crippen LogP contribution is -1.72. The van der Waals surface area contributed by atoms with Crippen molar-refractivity contribution in [3.05, 3.63) is 25.1 Å². The Morgan fingerprint density at radius 3 is 2.70 bits per heavy atom. The molecule has 2 heteroatoms. The number of allylic oxidation sites excluding steroid dienone is 1. The number of aliphatic imine (C=N–C) groups is 2. The summed E-state index contributed by atoms with van der Waals surface area (Å²) in [5, 5.41) is 0. The van der Waals surface area contributed by atoms with Crippen LogP contribution in [-0.4, -0.2) is 12.4 Å². The van der Waals surface area contributed by atoms with Crippen molar-refractivity contribution >= 4 is 12.4 Å². The van der Waals surface area contributed by atoms with Crippen LogP contribution in [0.3, 0.4) is 0 Å². The molecule has 10 heavy (non-hydrogen) atoms. The van der Waals surface area contributed by atoms with Gasteiger partial charge in [-0.05, 0) is 6.42 Å². The maximum Gasteiger partial charge on any atom is 0.144 e. The highest BCUT2D eigenvalue weighted by atomic mass is 14.9. The molecule has 0 heterocycles. The summed E-state index contributed by atoms with van der Waals surface area (Å²) < 4.78 is 0. The van der Waals surface area contributed by atoms with E-state index >= 15 is 0 Å². The highest BCUT2D eigenvalue weighted by Crippen LogP contribution is 1.91. The van der Waals surface area contributed by atoms with Crippen molar-refractivity contribution in [3.63, 3.8) is 0 Å². The van der Waals surface area contributed by atoms with Crippen molar-refractivity contribution in [2.75, 3.05) is 0 Å². The lowest BCUT2D eigenvalue weighted by atomic mass is 10.5. The van der Waals surface area contributed by atoms with Gasteiger partial charge in [-0.25, -0.2) is 9.98 Å². The van der Waals surface area contributed by atoms with Crippen LogP contribution in [0.2, 0.25) is 0 Å². The summed E-state index contributed by atoms with van der Waals surface area (Å²) >= 11 is 0. The molecule has 0 spiro atoms. The molecule has 0 aliphatic carbocycles. The molecule has 0 aliphatic heterocycles. The summed E-state index contributed by atoms with van der Waals surface area (Å²) in [5.41, 5.74) is 0. The summed E-state index contributed by atoms with van der Waals surface area (Å²) in [6.07, 6.45) is 5.83. The fraction of sp³-hybridized carbons (Fsp3) is 0.250. The van der Waals surface area contributed by atoms with Gasteiger partial charge in [0, 0.05) is 12.4 Å². The van der Waals surface area contributed by atoms with Gasteiger partial charge in [0.15, 0.2) is 0 Å². The van der Waals surface area contributed by atoms with Crippen molar-refractivity contribution in [3.8, 4) is 0 Å². The maximum absolute atomic E-state index is 3.92. The van der Waals surface area contributed by atoms with Gasteiger partial charge in [0.05, 0.1) is 0 Å². The molecule has 0 N–H and O–H groups in total. The van der Waals surface area contributed by atoms with E-state index in [1.165, 1.54) is 0 Å². The molecule has 0 fully saturated rings. The fourth-order valence-corrected chi connectivity index (χ4v) is 0.369. The summed E-state index contributed by atoms with van der Waals surface area (Å²) in [7, 11) is 0. The molecule has 0 aliphatic rings. The predicted molar refractivity (Wildman–Crippen MR) is 46.6 cm³/mol. The molecule has 54 valence electrons. The molecule has 0 unspecified atom stereocenters. The van der Waals surface area contributed by atoms with Crippen molar-refractivity contribution in [1.29, 1.82) is 0 Å². The van der Waals surface area contributed by atoms with Gasteiger partial charge in [0.1, 0.15) is 5.82 Å².